The van der Waals surface area contributed by atoms with Gasteiger partial charge in [-0.15, -0.1) is 11.8 Å². The second-order valence-corrected chi connectivity index (χ2v) is 5.58. The molecule has 0 saturated heterocycles. The van der Waals surface area contributed by atoms with Crippen molar-refractivity contribution in [3.8, 4) is 11.5 Å². The second kappa shape index (κ2) is 8.93. The van der Waals surface area contributed by atoms with Gasteiger partial charge in [0, 0.05) is 30.1 Å². The molecule has 132 valence electrons. The van der Waals surface area contributed by atoms with Crippen molar-refractivity contribution in [2.45, 2.75) is 5.03 Å². The predicted octanol–water partition coefficient (Wildman–Crippen LogP) is 2.62. The van der Waals surface area contributed by atoms with Crippen molar-refractivity contribution >= 4 is 29.3 Å². The first-order chi connectivity index (χ1) is 12.1. The molecule has 25 heavy (non-hydrogen) atoms. The molecule has 0 aliphatic heterocycles. The normalized spacial score (nSPS) is 10.0. The SMILES string of the molecule is COc1cc(NC(=O)COC(=O)c2cccnc2SC)cc(OC)c1. The van der Waals surface area contributed by atoms with Crippen molar-refractivity contribution in [3.05, 3.63) is 42.1 Å². The fraction of sp³-hybridized carbons (Fsp3) is 0.235. The molecule has 1 aromatic carbocycles. The zero-order chi connectivity index (χ0) is 18.2. The maximum absolute atomic E-state index is 12.1. The number of aromatic nitrogens is 1. The molecule has 0 bridgehead atoms. The van der Waals surface area contributed by atoms with Gasteiger partial charge in [0.25, 0.3) is 5.91 Å². The van der Waals surface area contributed by atoms with Gasteiger partial charge in [0.05, 0.1) is 19.8 Å². The lowest BCUT2D eigenvalue weighted by Gasteiger charge is -2.10. The van der Waals surface area contributed by atoms with Crippen LogP contribution in [-0.2, 0) is 9.53 Å². The number of amides is 1. The van der Waals surface area contributed by atoms with Crippen LogP contribution in [0.2, 0.25) is 0 Å². The van der Waals surface area contributed by atoms with E-state index in [4.69, 9.17) is 14.2 Å². The van der Waals surface area contributed by atoms with E-state index in [-0.39, 0.29) is 0 Å². The Morgan fingerprint density at radius 3 is 2.44 bits per heavy atom. The molecule has 2 aromatic rings. The lowest BCUT2D eigenvalue weighted by atomic mass is 10.2. The van der Waals surface area contributed by atoms with Crippen LogP contribution in [0.5, 0.6) is 11.5 Å². The number of anilines is 1. The number of benzene rings is 1. The average molecular weight is 362 g/mol. The summed E-state index contributed by atoms with van der Waals surface area (Å²) in [6, 6.07) is 8.19. The van der Waals surface area contributed by atoms with Gasteiger partial charge in [-0.05, 0) is 18.4 Å². The van der Waals surface area contributed by atoms with Crippen LogP contribution in [-0.4, -0.2) is 43.9 Å². The summed E-state index contributed by atoms with van der Waals surface area (Å²) in [5.41, 5.74) is 0.800. The smallest absolute Gasteiger partial charge is 0.341 e. The lowest BCUT2D eigenvalue weighted by molar-refractivity contribution is -0.119. The van der Waals surface area contributed by atoms with E-state index >= 15 is 0 Å². The topological polar surface area (TPSA) is 86.8 Å². The molecule has 1 N–H and O–H groups in total. The van der Waals surface area contributed by atoms with Crippen molar-refractivity contribution in [3.63, 3.8) is 0 Å². The molecular formula is C17H18N2O5S. The van der Waals surface area contributed by atoms with Crippen LogP contribution in [0.3, 0.4) is 0 Å². The highest BCUT2D eigenvalue weighted by Crippen LogP contribution is 2.25. The third kappa shape index (κ3) is 5.12. The van der Waals surface area contributed by atoms with Gasteiger partial charge in [0.2, 0.25) is 0 Å². The van der Waals surface area contributed by atoms with Gasteiger partial charge < -0.3 is 19.5 Å². The van der Waals surface area contributed by atoms with E-state index in [1.54, 1.807) is 36.5 Å². The van der Waals surface area contributed by atoms with E-state index in [0.29, 0.717) is 27.8 Å². The fourth-order valence-electron chi connectivity index (χ4n) is 1.99. The number of nitrogens with one attached hydrogen (secondary N) is 1. The van der Waals surface area contributed by atoms with Crippen molar-refractivity contribution in [2.75, 3.05) is 32.4 Å². The number of methoxy groups -OCH3 is 2. The summed E-state index contributed by atoms with van der Waals surface area (Å²) in [6.07, 6.45) is 3.40. The first kappa shape index (κ1) is 18.6. The first-order valence-electron chi connectivity index (χ1n) is 7.26. The molecule has 0 aliphatic rings. The molecule has 1 amide bonds. The molecule has 0 unspecified atom stereocenters. The molecule has 0 radical (unpaired) electrons. The highest BCUT2D eigenvalue weighted by atomic mass is 32.2. The standard InChI is InChI=1S/C17H18N2O5S/c1-22-12-7-11(8-13(9-12)23-2)19-15(20)10-24-17(21)14-5-4-6-18-16(14)25-3/h4-9H,10H2,1-3H3,(H,19,20). The van der Waals surface area contributed by atoms with Crippen LogP contribution >= 0.6 is 11.8 Å². The molecule has 0 aliphatic carbocycles. The van der Waals surface area contributed by atoms with Gasteiger partial charge in [0.1, 0.15) is 16.5 Å². The Morgan fingerprint density at radius 2 is 1.84 bits per heavy atom. The summed E-state index contributed by atoms with van der Waals surface area (Å²) < 4.78 is 15.3. The third-order valence-electron chi connectivity index (χ3n) is 3.15. The molecule has 0 fully saturated rings. The predicted molar refractivity (Wildman–Crippen MR) is 94.5 cm³/mol. The van der Waals surface area contributed by atoms with Crippen LogP contribution in [0.15, 0.2) is 41.6 Å². The number of hydrogen-bond acceptors (Lipinski definition) is 7. The van der Waals surface area contributed by atoms with Crippen molar-refractivity contribution in [2.24, 2.45) is 0 Å². The quantitative estimate of drug-likeness (QED) is 0.598. The number of hydrogen-bond donors (Lipinski definition) is 1. The van der Waals surface area contributed by atoms with Gasteiger partial charge in [-0.1, -0.05) is 0 Å². The zero-order valence-corrected chi connectivity index (χ0v) is 14.9. The van der Waals surface area contributed by atoms with Crippen molar-refractivity contribution in [1.82, 2.24) is 4.98 Å². The van der Waals surface area contributed by atoms with Crippen LogP contribution in [0.4, 0.5) is 5.69 Å². The Bertz CT molecular complexity index is 744. The molecule has 1 aromatic heterocycles. The number of rotatable bonds is 7. The summed E-state index contributed by atoms with van der Waals surface area (Å²) in [5, 5.41) is 3.18. The van der Waals surface area contributed by atoms with E-state index in [1.165, 1.54) is 26.0 Å². The maximum Gasteiger partial charge on any atom is 0.341 e. The number of nitrogens with zero attached hydrogens (tertiary/aromatic N) is 1. The van der Waals surface area contributed by atoms with Crippen molar-refractivity contribution in [1.29, 1.82) is 0 Å². The Kier molecular flexibility index (Phi) is 6.64. The zero-order valence-electron chi connectivity index (χ0n) is 14.1. The molecule has 0 saturated carbocycles. The van der Waals surface area contributed by atoms with Crippen molar-refractivity contribution < 1.29 is 23.8 Å². The molecular weight excluding hydrogens is 344 g/mol. The van der Waals surface area contributed by atoms with E-state index in [0.717, 1.165) is 0 Å². The van der Waals surface area contributed by atoms with Gasteiger partial charge in [0.15, 0.2) is 6.61 Å². The fourth-order valence-corrected chi connectivity index (χ4v) is 2.53. The molecule has 0 spiro atoms. The summed E-state index contributed by atoms with van der Waals surface area (Å²) >= 11 is 1.33. The number of carbonyl (C=O) groups excluding carboxylic acids is 2. The second-order valence-electron chi connectivity index (χ2n) is 4.79. The Morgan fingerprint density at radius 1 is 1.16 bits per heavy atom. The van der Waals surface area contributed by atoms with Crippen LogP contribution in [0.25, 0.3) is 0 Å². The van der Waals surface area contributed by atoms with Gasteiger partial charge in [-0.2, -0.15) is 0 Å². The summed E-state index contributed by atoms with van der Waals surface area (Å²) in [5.74, 6) is -0.00713. The number of thioether (sulfide) groups is 1. The number of carbonyl (C=O) groups is 2. The average Bonchev–Trinajstić information content (AvgIpc) is 2.65. The van der Waals surface area contributed by atoms with E-state index < -0.39 is 18.5 Å². The van der Waals surface area contributed by atoms with E-state index in [9.17, 15) is 9.59 Å². The number of esters is 1. The highest BCUT2D eigenvalue weighted by molar-refractivity contribution is 7.98. The maximum atomic E-state index is 12.1. The number of pyridine rings is 1. The van der Waals surface area contributed by atoms with Gasteiger partial charge in [-0.25, -0.2) is 9.78 Å². The minimum atomic E-state index is -0.601. The minimum Gasteiger partial charge on any atom is -0.497 e. The Balaban J connectivity index is 1.98. The Hall–Kier alpha value is -2.74. The monoisotopic (exact) mass is 362 g/mol. The lowest BCUT2D eigenvalue weighted by Crippen LogP contribution is -2.21. The molecule has 0 atom stereocenters. The molecule has 8 heteroatoms. The van der Waals surface area contributed by atoms with Crippen LogP contribution in [0.1, 0.15) is 10.4 Å². The summed E-state index contributed by atoms with van der Waals surface area (Å²) in [4.78, 5) is 28.2. The van der Waals surface area contributed by atoms with E-state index in [2.05, 4.69) is 10.3 Å². The summed E-state index contributed by atoms with van der Waals surface area (Å²) in [6.45, 7) is -0.416. The van der Waals surface area contributed by atoms with Gasteiger partial charge in [-0.3, -0.25) is 4.79 Å². The number of ether oxygens (including phenoxy) is 3. The van der Waals surface area contributed by atoms with E-state index in [1.807, 2.05) is 6.26 Å². The minimum absolute atomic E-state index is 0.325. The van der Waals surface area contributed by atoms with Gasteiger partial charge >= 0.3 is 5.97 Å². The highest BCUT2D eigenvalue weighted by Gasteiger charge is 2.15. The van der Waals surface area contributed by atoms with Crippen LogP contribution in [0, 0.1) is 0 Å². The van der Waals surface area contributed by atoms with Crippen LogP contribution < -0.4 is 14.8 Å². The molecule has 2 rings (SSSR count). The molecule has 1 heterocycles. The Labute approximate surface area is 149 Å². The summed E-state index contributed by atoms with van der Waals surface area (Å²) in [7, 11) is 3.03. The molecule has 7 nitrogen and oxygen atoms in total. The first-order valence-corrected chi connectivity index (χ1v) is 8.49. The third-order valence-corrected chi connectivity index (χ3v) is 3.87. The largest absolute Gasteiger partial charge is 0.497 e.